The summed E-state index contributed by atoms with van der Waals surface area (Å²) in [5.41, 5.74) is 26.5. The van der Waals surface area contributed by atoms with Gasteiger partial charge in [0, 0.05) is 47.7 Å². The van der Waals surface area contributed by atoms with E-state index < -0.39 is 0 Å². The van der Waals surface area contributed by atoms with E-state index in [-0.39, 0.29) is 10.8 Å². The summed E-state index contributed by atoms with van der Waals surface area (Å²) in [6.07, 6.45) is 0. The topological polar surface area (TPSA) is 42.1 Å². The first-order valence-corrected chi connectivity index (χ1v) is 22.6. The number of benzene rings is 7. The van der Waals surface area contributed by atoms with Crippen molar-refractivity contribution in [3.63, 3.8) is 0 Å². The molecule has 2 aliphatic carbocycles. The van der Waals surface area contributed by atoms with E-state index in [1.165, 1.54) is 77.9 Å². The molecule has 0 N–H and O–H groups in total. The molecule has 0 amide bonds. The number of para-hydroxylation sites is 4. The van der Waals surface area contributed by atoms with Crippen molar-refractivity contribution in [3.05, 3.63) is 177 Å². The van der Waals surface area contributed by atoms with Crippen LogP contribution < -0.4 is 9.80 Å². The van der Waals surface area contributed by atoms with Gasteiger partial charge in [-0.1, -0.05) is 64.1 Å². The zero-order chi connectivity index (χ0) is 44.7. The number of rotatable bonds is 6. The Morgan fingerprint density at radius 3 is 1.11 bits per heavy atom. The molecule has 0 saturated carbocycles. The fourth-order valence-electron chi connectivity index (χ4n) is 11.4. The molecule has 6 heteroatoms. The molecule has 9 aromatic rings. The van der Waals surface area contributed by atoms with E-state index in [1.54, 1.807) is 0 Å². The van der Waals surface area contributed by atoms with Crippen LogP contribution in [0.25, 0.3) is 44.3 Å². The first kappa shape index (κ1) is 39.9. The molecule has 0 fully saturated rings. The minimum absolute atomic E-state index is 0.248. The number of imidazole rings is 2. The van der Waals surface area contributed by atoms with E-state index in [4.69, 9.17) is 9.97 Å². The second-order valence-corrected chi connectivity index (χ2v) is 19.8. The molecule has 0 atom stereocenters. The minimum atomic E-state index is -0.248. The highest BCUT2D eigenvalue weighted by molar-refractivity contribution is 5.95. The Morgan fingerprint density at radius 1 is 0.406 bits per heavy atom. The number of anilines is 6. The van der Waals surface area contributed by atoms with Crippen molar-refractivity contribution < 1.29 is 0 Å². The van der Waals surface area contributed by atoms with Gasteiger partial charge < -0.3 is 9.13 Å². The number of fused-ring (bicyclic) bond motifs is 8. The van der Waals surface area contributed by atoms with Gasteiger partial charge in [0.15, 0.2) is 0 Å². The molecule has 2 aliphatic rings. The van der Waals surface area contributed by atoms with Crippen LogP contribution in [0, 0.1) is 41.5 Å². The fraction of sp³-hybridized carbons (Fsp3) is 0.241. The highest BCUT2D eigenvalue weighted by atomic mass is 15.3. The van der Waals surface area contributed by atoms with Crippen LogP contribution in [0.2, 0.25) is 0 Å². The summed E-state index contributed by atoms with van der Waals surface area (Å²) in [6, 6.07) is 45.2. The number of aryl methyl sites for hydroxylation is 8. The first-order valence-electron chi connectivity index (χ1n) is 22.6. The molecule has 2 aromatic heterocycles. The molecule has 0 saturated heterocycles. The van der Waals surface area contributed by atoms with E-state index in [0.29, 0.717) is 0 Å². The SMILES string of the molecule is Cc1cc(C)cc(N(c2cc(C)c3c(c2)C(C)(C)c2cc4c(cc2-3)C(C)(C)c2cc(N(c3cc(C)cc(C)c3)c3nc5ccccc5n3C)cc(C)c2-4)c2nc3ccccc3n2C)c1. The van der Waals surface area contributed by atoms with Gasteiger partial charge in [-0.2, -0.15) is 0 Å². The maximum atomic E-state index is 5.27. The summed E-state index contributed by atoms with van der Waals surface area (Å²) >= 11 is 0. The number of nitrogens with zero attached hydrogens (tertiary/aromatic N) is 6. The molecule has 11 rings (SSSR count). The Morgan fingerprint density at radius 2 is 0.750 bits per heavy atom. The molecule has 0 spiro atoms. The summed E-state index contributed by atoms with van der Waals surface area (Å²) in [7, 11) is 4.27. The average molecular weight is 837 g/mol. The lowest BCUT2D eigenvalue weighted by Crippen LogP contribution is -2.19. The Balaban J connectivity index is 1.06. The molecule has 318 valence electrons. The van der Waals surface area contributed by atoms with Crippen LogP contribution in [-0.4, -0.2) is 19.1 Å². The first-order chi connectivity index (χ1) is 30.5. The molecule has 6 nitrogen and oxygen atoms in total. The van der Waals surface area contributed by atoms with E-state index in [1.807, 2.05) is 0 Å². The lowest BCUT2D eigenvalue weighted by Gasteiger charge is -2.28. The molecule has 2 heterocycles. The summed E-state index contributed by atoms with van der Waals surface area (Å²) in [5, 5.41) is 0. The fourth-order valence-corrected chi connectivity index (χ4v) is 11.4. The van der Waals surface area contributed by atoms with Gasteiger partial charge in [-0.05, 0) is 204 Å². The van der Waals surface area contributed by atoms with Crippen LogP contribution >= 0.6 is 0 Å². The lowest BCUT2D eigenvalue weighted by atomic mass is 9.79. The van der Waals surface area contributed by atoms with Crippen LogP contribution in [0.5, 0.6) is 0 Å². The molecule has 7 aromatic carbocycles. The van der Waals surface area contributed by atoms with Crippen LogP contribution in [0.4, 0.5) is 34.6 Å². The number of aromatic nitrogens is 4. The van der Waals surface area contributed by atoms with Gasteiger partial charge in [-0.3, -0.25) is 9.80 Å². The average Bonchev–Trinajstić information content (AvgIpc) is 3.88. The van der Waals surface area contributed by atoms with Gasteiger partial charge in [0.05, 0.1) is 22.1 Å². The molecular formula is C58H56N6. The van der Waals surface area contributed by atoms with Gasteiger partial charge in [0.2, 0.25) is 11.9 Å². The molecular weight excluding hydrogens is 781 g/mol. The highest BCUT2D eigenvalue weighted by Gasteiger charge is 2.43. The van der Waals surface area contributed by atoms with Crippen LogP contribution in [0.3, 0.4) is 0 Å². The van der Waals surface area contributed by atoms with E-state index >= 15 is 0 Å². The maximum Gasteiger partial charge on any atom is 0.215 e. The molecule has 0 radical (unpaired) electrons. The number of hydrogen-bond donors (Lipinski definition) is 0. The monoisotopic (exact) mass is 836 g/mol. The van der Waals surface area contributed by atoms with Crippen molar-refractivity contribution >= 4 is 56.7 Å². The second kappa shape index (κ2) is 13.8. The molecule has 0 bridgehead atoms. The maximum absolute atomic E-state index is 5.27. The van der Waals surface area contributed by atoms with Crippen molar-refractivity contribution in [1.82, 2.24) is 19.1 Å². The molecule has 64 heavy (non-hydrogen) atoms. The van der Waals surface area contributed by atoms with Crippen LogP contribution in [-0.2, 0) is 24.9 Å². The van der Waals surface area contributed by atoms with Crippen molar-refractivity contribution in [2.45, 2.75) is 80.1 Å². The summed E-state index contributed by atoms with van der Waals surface area (Å²) in [5.74, 6) is 1.80. The standard InChI is InChI=1S/C58H56N6/c1-33-21-34(2)24-39(23-33)63(55-59-49-17-13-15-19-51(49)61(55)11)41-27-37(5)53-43-31-46-44(32-45(43)57(7,8)47(53)29-41)54-38(6)28-42(30-48(54)58(46,9)10)64(40-25-35(3)22-36(4)26-40)56-60-50-18-14-16-20-52(50)62(56)12/h13-32H,1-12H3. The zero-order valence-electron chi connectivity index (χ0n) is 39.2. The summed E-state index contributed by atoms with van der Waals surface area (Å²) < 4.78 is 4.46. The normalized spacial score (nSPS) is 14.2. The van der Waals surface area contributed by atoms with Gasteiger partial charge in [-0.25, -0.2) is 9.97 Å². The second-order valence-electron chi connectivity index (χ2n) is 19.8. The predicted octanol–water partition coefficient (Wildman–Crippen LogP) is 14.9. The van der Waals surface area contributed by atoms with Crippen LogP contribution in [0.1, 0.15) is 83.3 Å². The van der Waals surface area contributed by atoms with Gasteiger partial charge in [0.1, 0.15) is 0 Å². The van der Waals surface area contributed by atoms with Crippen molar-refractivity contribution in [3.8, 4) is 22.3 Å². The van der Waals surface area contributed by atoms with Crippen LogP contribution in [0.15, 0.2) is 121 Å². The third kappa shape index (κ3) is 5.77. The smallest absolute Gasteiger partial charge is 0.215 e. The number of hydrogen-bond acceptors (Lipinski definition) is 4. The molecule has 0 aliphatic heterocycles. The third-order valence-electron chi connectivity index (χ3n) is 14.4. The van der Waals surface area contributed by atoms with Crippen molar-refractivity contribution in [2.24, 2.45) is 14.1 Å². The van der Waals surface area contributed by atoms with E-state index in [2.05, 4.69) is 224 Å². The van der Waals surface area contributed by atoms with E-state index in [9.17, 15) is 0 Å². The summed E-state index contributed by atoms with van der Waals surface area (Å²) in [4.78, 5) is 15.3. The van der Waals surface area contributed by atoms with E-state index in [0.717, 1.165) is 56.7 Å². The quantitative estimate of drug-likeness (QED) is 0.167. The van der Waals surface area contributed by atoms with Gasteiger partial charge >= 0.3 is 0 Å². The van der Waals surface area contributed by atoms with Crippen molar-refractivity contribution in [1.29, 1.82) is 0 Å². The predicted molar refractivity (Wildman–Crippen MR) is 268 cm³/mol. The minimum Gasteiger partial charge on any atom is -0.313 e. The zero-order valence-corrected chi connectivity index (χ0v) is 39.2. The Hall–Kier alpha value is -6.92. The lowest BCUT2D eigenvalue weighted by molar-refractivity contribution is 0.652. The Bertz CT molecular complexity index is 3180. The summed E-state index contributed by atoms with van der Waals surface area (Å²) in [6.45, 7) is 23.0. The Kier molecular flexibility index (Phi) is 8.60. The van der Waals surface area contributed by atoms with Gasteiger partial charge in [-0.15, -0.1) is 0 Å². The largest absolute Gasteiger partial charge is 0.313 e. The highest BCUT2D eigenvalue weighted by Crippen LogP contribution is 2.59. The van der Waals surface area contributed by atoms with Gasteiger partial charge in [0.25, 0.3) is 0 Å². The Labute approximate surface area is 377 Å². The molecule has 0 unspecified atom stereocenters. The third-order valence-corrected chi connectivity index (χ3v) is 14.4. The van der Waals surface area contributed by atoms with Crippen molar-refractivity contribution in [2.75, 3.05) is 9.80 Å².